The molecule has 6 nitrogen and oxygen atoms in total. The normalized spacial score (nSPS) is 12.4. The number of ether oxygens (including phenoxy) is 1. The van der Waals surface area contributed by atoms with E-state index >= 15 is 0 Å². The van der Waals surface area contributed by atoms with Crippen LogP contribution >= 0.6 is 23.2 Å². The fourth-order valence-corrected chi connectivity index (χ4v) is 4.13. The average Bonchev–Trinajstić information content (AvgIpc) is 2.80. The molecule has 37 heavy (non-hydrogen) atoms. The van der Waals surface area contributed by atoms with Gasteiger partial charge in [0.2, 0.25) is 5.43 Å². The van der Waals surface area contributed by atoms with Crippen LogP contribution in [0.1, 0.15) is 40.3 Å². The maximum atomic E-state index is 15.0. The molecular weight excluding hydrogens is 541 g/mol. The Morgan fingerprint density at radius 2 is 1.76 bits per heavy atom. The number of halogens is 6. The third kappa shape index (κ3) is 5.50. The number of nitrogens with zero attached hydrogens (tertiary/aromatic N) is 1. The van der Waals surface area contributed by atoms with Crippen molar-refractivity contribution >= 4 is 35.1 Å². The van der Waals surface area contributed by atoms with Crippen molar-refractivity contribution < 1.29 is 37.0 Å². The van der Waals surface area contributed by atoms with Crippen LogP contribution in [0, 0.1) is 12.7 Å². The summed E-state index contributed by atoms with van der Waals surface area (Å²) in [6, 6.07) is 6.83. The number of hydrogen-bond acceptors (Lipinski definition) is 4. The third-order valence-corrected chi connectivity index (χ3v) is 6.41. The van der Waals surface area contributed by atoms with Gasteiger partial charge < -0.3 is 14.4 Å². The van der Waals surface area contributed by atoms with E-state index < -0.39 is 52.2 Å². The molecule has 0 spiro atoms. The van der Waals surface area contributed by atoms with Crippen LogP contribution in [0.25, 0.3) is 22.4 Å². The Labute approximate surface area is 218 Å². The maximum absolute atomic E-state index is 15.0. The van der Waals surface area contributed by atoms with Crippen LogP contribution in [-0.4, -0.2) is 33.9 Å². The Hall–Kier alpha value is -3.37. The molecule has 0 aliphatic heterocycles. The fraction of sp³-hybridized carbons (Fsp3) is 0.240. The molecule has 2 aromatic carbocycles. The lowest BCUT2D eigenvalue weighted by molar-refractivity contribution is -0.198. The second kappa shape index (κ2) is 10.5. The summed E-state index contributed by atoms with van der Waals surface area (Å²) in [5, 5.41) is 10.3. The summed E-state index contributed by atoms with van der Waals surface area (Å²) in [5.41, 5.74) is -2.66. The van der Waals surface area contributed by atoms with Gasteiger partial charge in [-0.1, -0.05) is 29.3 Å². The number of benzene rings is 2. The summed E-state index contributed by atoms with van der Waals surface area (Å²) in [7, 11) is 0. The minimum Gasteiger partial charge on any atom is -0.477 e. The highest BCUT2D eigenvalue weighted by atomic mass is 35.5. The molecule has 0 radical (unpaired) electrons. The minimum absolute atomic E-state index is 0.00482. The number of rotatable bonds is 6. The number of hydrogen-bond donors (Lipinski definition) is 1. The molecule has 3 rings (SSSR count). The summed E-state index contributed by atoms with van der Waals surface area (Å²) < 4.78 is 59.3. The van der Waals surface area contributed by atoms with Crippen molar-refractivity contribution in [3.63, 3.8) is 0 Å². The number of alkyl halides is 3. The quantitative estimate of drug-likeness (QED) is 0.266. The molecule has 0 saturated carbocycles. The molecule has 3 aromatic rings. The Balaban J connectivity index is 2.30. The zero-order chi connectivity index (χ0) is 27.8. The zero-order valence-electron chi connectivity index (χ0n) is 19.5. The molecule has 1 N–H and O–H groups in total. The van der Waals surface area contributed by atoms with Crippen molar-refractivity contribution in [2.45, 2.75) is 39.6 Å². The monoisotopic (exact) mass is 559 g/mol. The Morgan fingerprint density at radius 3 is 2.30 bits per heavy atom. The molecule has 0 amide bonds. The van der Waals surface area contributed by atoms with Gasteiger partial charge in [0.15, 0.2) is 6.10 Å². The summed E-state index contributed by atoms with van der Waals surface area (Å²) in [6.07, 6.45) is -7.25. The maximum Gasteiger partial charge on any atom is 0.425 e. The van der Waals surface area contributed by atoms with Crippen molar-refractivity contribution in [3.8, 4) is 22.4 Å². The molecule has 1 aromatic heterocycles. The molecule has 0 fully saturated rings. The van der Waals surface area contributed by atoms with Crippen LogP contribution in [0.4, 0.5) is 17.6 Å². The summed E-state index contributed by atoms with van der Waals surface area (Å²) in [6.45, 7) is 3.88. The first-order valence-electron chi connectivity index (χ1n) is 10.7. The van der Waals surface area contributed by atoms with E-state index in [1.165, 1.54) is 29.7 Å². The molecule has 1 unspecified atom stereocenters. The van der Waals surface area contributed by atoms with Crippen LogP contribution in [0.3, 0.4) is 0 Å². The van der Waals surface area contributed by atoms with E-state index in [1.54, 1.807) is 6.92 Å². The highest BCUT2D eigenvalue weighted by molar-refractivity contribution is 6.42. The summed E-state index contributed by atoms with van der Waals surface area (Å²) in [4.78, 5) is 38.1. The molecule has 1 atom stereocenters. The van der Waals surface area contributed by atoms with Gasteiger partial charge in [-0.2, -0.15) is 13.2 Å². The molecule has 196 valence electrons. The molecule has 0 aliphatic carbocycles. The van der Waals surface area contributed by atoms with E-state index in [0.29, 0.717) is 6.92 Å². The number of carbonyl (C=O) groups excluding carboxylic acids is 1. The standard InChI is InChI=1S/C25H19Cl2F4NO5/c1-4-32-11(2)19(15-9-14(6-8-18(15)28)24(36)37-12(3)25(29,30)31)22(33)20(23(34)35)21(32)13-5-7-16(26)17(27)10-13/h5-10,12H,4H2,1-3H3,(H,34,35). The van der Waals surface area contributed by atoms with Gasteiger partial charge in [0.05, 0.1) is 26.9 Å². The van der Waals surface area contributed by atoms with E-state index in [-0.39, 0.29) is 39.1 Å². The number of carboxylic acids is 1. The van der Waals surface area contributed by atoms with Crippen molar-refractivity contribution in [2.75, 3.05) is 0 Å². The van der Waals surface area contributed by atoms with Crippen LogP contribution in [0.5, 0.6) is 0 Å². The van der Waals surface area contributed by atoms with Gasteiger partial charge in [-0.3, -0.25) is 4.79 Å². The third-order valence-electron chi connectivity index (χ3n) is 5.67. The van der Waals surface area contributed by atoms with Crippen LogP contribution in [0.15, 0.2) is 41.2 Å². The van der Waals surface area contributed by atoms with Crippen molar-refractivity contribution in [2.24, 2.45) is 0 Å². The van der Waals surface area contributed by atoms with Crippen LogP contribution in [0.2, 0.25) is 10.0 Å². The Kier molecular flexibility index (Phi) is 8.04. The lowest BCUT2D eigenvalue weighted by atomic mass is 9.95. The number of carboxylic acid groups (broad SMARTS) is 1. The largest absolute Gasteiger partial charge is 0.477 e. The zero-order valence-corrected chi connectivity index (χ0v) is 21.1. The molecule has 0 aliphatic rings. The first-order chi connectivity index (χ1) is 17.2. The number of aromatic carboxylic acids is 1. The second-order valence-electron chi connectivity index (χ2n) is 7.98. The number of esters is 1. The summed E-state index contributed by atoms with van der Waals surface area (Å²) >= 11 is 12.1. The topological polar surface area (TPSA) is 85.6 Å². The Morgan fingerprint density at radius 1 is 1.11 bits per heavy atom. The van der Waals surface area contributed by atoms with Gasteiger partial charge in [-0.15, -0.1) is 0 Å². The SMILES string of the molecule is CCn1c(C)c(-c2cc(C(=O)OC(C)C(F)(F)F)ccc2F)c(=O)c(C(=O)O)c1-c1ccc(Cl)c(Cl)c1. The Bertz CT molecular complexity index is 1470. The molecule has 1 heterocycles. The number of pyridine rings is 1. The van der Waals surface area contributed by atoms with Gasteiger partial charge in [-0.05, 0) is 51.1 Å². The van der Waals surface area contributed by atoms with Gasteiger partial charge in [-0.25, -0.2) is 14.0 Å². The van der Waals surface area contributed by atoms with Gasteiger partial charge in [0.25, 0.3) is 0 Å². The smallest absolute Gasteiger partial charge is 0.425 e. The highest BCUT2D eigenvalue weighted by Crippen LogP contribution is 2.34. The minimum atomic E-state index is -4.82. The van der Waals surface area contributed by atoms with Crippen molar-refractivity contribution in [3.05, 3.63) is 79.3 Å². The van der Waals surface area contributed by atoms with E-state index in [0.717, 1.165) is 18.2 Å². The highest BCUT2D eigenvalue weighted by Gasteiger charge is 2.39. The van der Waals surface area contributed by atoms with Gasteiger partial charge in [0, 0.05) is 23.4 Å². The summed E-state index contributed by atoms with van der Waals surface area (Å²) in [5.74, 6) is -4.00. The van der Waals surface area contributed by atoms with E-state index in [4.69, 9.17) is 23.2 Å². The number of aromatic nitrogens is 1. The number of carbonyl (C=O) groups is 2. The second-order valence-corrected chi connectivity index (χ2v) is 8.79. The van der Waals surface area contributed by atoms with Crippen LogP contribution in [-0.2, 0) is 11.3 Å². The van der Waals surface area contributed by atoms with Gasteiger partial charge >= 0.3 is 18.1 Å². The first-order valence-corrected chi connectivity index (χ1v) is 11.5. The lowest BCUT2D eigenvalue weighted by Gasteiger charge is -2.22. The predicted octanol–water partition coefficient (Wildman–Crippen LogP) is 6.76. The average molecular weight is 560 g/mol. The van der Waals surface area contributed by atoms with E-state index in [2.05, 4.69) is 4.74 Å². The lowest BCUT2D eigenvalue weighted by Crippen LogP contribution is -2.31. The van der Waals surface area contributed by atoms with E-state index in [1.807, 2.05) is 0 Å². The molecule has 0 saturated heterocycles. The van der Waals surface area contributed by atoms with Crippen molar-refractivity contribution in [1.29, 1.82) is 0 Å². The van der Waals surface area contributed by atoms with Crippen molar-refractivity contribution in [1.82, 2.24) is 4.57 Å². The predicted molar refractivity (Wildman–Crippen MR) is 130 cm³/mol. The van der Waals surface area contributed by atoms with Crippen LogP contribution < -0.4 is 5.43 Å². The molecule has 0 bridgehead atoms. The molecule has 12 heteroatoms. The molecular formula is C25H19Cl2F4NO5. The fourth-order valence-electron chi connectivity index (χ4n) is 3.83. The van der Waals surface area contributed by atoms with E-state index in [9.17, 15) is 37.1 Å². The van der Waals surface area contributed by atoms with Gasteiger partial charge in [0.1, 0.15) is 11.4 Å². The first kappa shape index (κ1) is 28.2.